The van der Waals surface area contributed by atoms with Crippen molar-refractivity contribution in [3.8, 4) is 11.4 Å². The molecule has 2 aromatic carbocycles. The van der Waals surface area contributed by atoms with Crippen LogP contribution in [0.15, 0.2) is 59.3 Å². The molecule has 0 saturated heterocycles. The Morgan fingerprint density at radius 1 is 1.10 bits per heavy atom. The minimum Gasteiger partial charge on any atom is -0.380 e. The third kappa shape index (κ3) is 3.56. The zero-order valence-corrected chi connectivity index (χ0v) is 16.2. The van der Waals surface area contributed by atoms with Crippen molar-refractivity contribution in [1.29, 1.82) is 0 Å². The first-order valence-electron chi connectivity index (χ1n) is 9.58. The highest BCUT2D eigenvalue weighted by molar-refractivity contribution is 6.33. The van der Waals surface area contributed by atoms with Gasteiger partial charge < -0.3 is 9.84 Å². The summed E-state index contributed by atoms with van der Waals surface area (Å²) in [5, 5.41) is 9.01. The van der Waals surface area contributed by atoms with Crippen LogP contribution in [0.25, 0.3) is 22.3 Å². The van der Waals surface area contributed by atoms with Crippen LogP contribution in [0.5, 0.6) is 0 Å². The molecule has 146 valence electrons. The van der Waals surface area contributed by atoms with Gasteiger partial charge in [0, 0.05) is 17.0 Å². The number of halogens is 2. The third-order valence-electron chi connectivity index (χ3n) is 5.39. The van der Waals surface area contributed by atoms with Gasteiger partial charge in [-0.2, -0.15) is 4.98 Å². The molecule has 0 aliphatic heterocycles. The van der Waals surface area contributed by atoms with E-state index in [0.717, 1.165) is 35.9 Å². The van der Waals surface area contributed by atoms with Crippen molar-refractivity contribution in [1.82, 2.24) is 15.1 Å². The maximum absolute atomic E-state index is 13.3. The van der Waals surface area contributed by atoms with Crippen molar-refractivity contribution >= 4 is 28.2 Å². The van der Waals surface area contributed by atoms with Crippen molar-refractivity contribution in [3.63, 3.8) is 0 Å². The summed E-state index contributed by atoms with van der Waals surface area (Å²) in [6.07, 6.45) is 4.89. The van der Waals surface area contributed by atoms with Crippen molar-refractivity contribution in [2.75, 3.05) is 5.32 Å². The van der Waals surface area contributed by atoms with E-state index in [2.05, 4.69) is 32.6 Å². The van der Waals surface area contributed by atoms with Crippen LogP contribution in [0.3, 0.4) is 0 Å². The summed E-state index contributed by atoms with van der Waals surface area (Å²) < 4.78 is 18.9. The molecule has 1 fully saturated rings. The van der Waals surface area contributed by atoms with Crippen molar-refractivity contribution < 1.29 is 8.91 Å². The highest BCUT2D eigenvalue weighted by Crippen LogP contribution is 2.37. The van der Waals surface area contributed by atoms with Crippen molar-refractivity contribution in [2.45, 2.75) is 31.2 Å². The molecule has 2 heterocycles. The first-order chi connectivity index (χ1) is 14.2. The van der Waals surface area contributed by atoms with Crippen LogP contribution >= 0.6 is 11.6 Å². The molecule has 2 aromatic heterocycles. The van der Waals surface area contributed by atoms with Gasteiger partial charge in [-0.1, -0.05) is 41.4 Å². The quantitative estimate of drug-likeness (QED) is 0.460. The van der Waals surface area contributed by atoms with E-state index in [1.54, 1.807) is 6.07 Å². The Hall–Kier alpha value is -2.99. The van der Waals surface area contributed by atoms with E-state index in [9.17, 15) is 4.39 Å². The first kappa shape index (κ1) is 18.1. The number of rotatable bonds is 4. The Kier molecular flexibility index (Phi) is 4.64. The highest BCUT2D eigenvalue weighted by atomic mass is 35.5. The molecule has 1 N–H and O–H groups in total. The van der Waals surface area contributed by atoms with E-state index in [4.69, 9.17) is 16.1 Å². The van der Waals surface area contributed by atoms with E-state index in [-0.39, 0.29) is 17.0 Å². The average Bonchev–Trinajstić information content (AvgIpc) is 3.37. The molecular weight excluding hydrogens is 391 g/mol. The van der Waals surface area contributed by atoms with E-state index in [0.29, 0.717) is 17.3 Å². The number of nitrogens with one attached hydrogen (secondary N) is 1. The largest absolute Gasteiger partial charge is 0.380 e. The van der Waals surface area contributed by atoms with E-state index in [1.807, 2.05) is 24.4 Å². The van der Waals surface area contributed by atoms with Gasteiger partial charge in [0.05, 0.1) is 28.3 Å². The second-order valence-corrected chi connectivity index (χ2v) is 7.69. The maximum Gasteiger partial charge on any atom is 0.232 e. The Labute approximate surface area is 171 Å². The summed E-state index contributed by atoms with van der Waals surface area (Å²) in [6.45, 7) is 0. The summed E-state index contributed by atoms with van der Waals surface area (Å²) in [7, 11) is 0. The monoisotopic (exact) mass is 408 g/mol. The summed E-state index contributed by atoms with van der Waals surface area (Å²) in [5.41, 5.74) is 2.50. The van der Waals surface area contributed by atoms with E-state index in [1.165, 1.54) is 12.1 Å². The standard InChI is InChI=1S/C22H18ClFN4O/c23-18-11-14(24)8-9-16(18)21-27-22(29-28-21)17-5-3-7-20(17)26-15-10-13-4-1-2-6-19(13)25-12-15/h1-2,4,6,8-12,17,20,26H,3,5,7H2/t17-,20-/m1/s1. The van der Waals surface area contributed by atoms with Gasteiger partial charge in [-0.05, 0) is 43.2 Å². The number of fused-ring (bicyclic) bond motifs is 1. The zero-order chi connectivity index (χ0) is 19.8. The number of nitrogens with zero attached hydrogens (tertiary/aromatic N) is 3. The van der Waals surface area contributed by atoms with Crippen LogP contribution in [-0.2, 0) is 0 Å². The van der Waals surface area contributed by atoms with Crippen LogP contribution in [0.1, 0.15) is 31.1 Å². The van der Waals surface area contributed by atoms with Crippen LogP contribution in [-0.4, -0.2) is 21.2 Å². The van der Waals surface area contributed by atoms with Gasteiger partial charge in [0.2, 0.25) is 11.7 Å². The number of hydrogen-bond acceptors (Lipinski definition) is 5. The lowest BCUT2D eigenvalue weighted by Gasteiger charge is -2.19. The Morgan fingerprint density at radius 2 is 2.00 bits per heavy atom. The normalized spacial score (nSPS) is 19.0. The minimum absolute atomic E-state index is 0.0990. The van der Waals surface area contributed by atoms with Crippen LogP contribution < -0.4 is 5.32 Å². The van der Waals surface area contributed by atoms with E-state index < -0.39 is 5.82 Å². The lowest BCUT2D eigenvalue weighted by Crippen LogP contribution is -2.22. The number of para-hydroxylation sites is 1. The lowest BCUT2D eigenvalue weighted by molar-refractivity contribution is 0.349. The maximum atomic E-state index is 13.3. The fraction of sp³-hybridized carbons (Fsp3) is 0.227. The summed E-state index contributed by atoms with van der Waals surface area (Å²) in [5.74, 6) is 0.653. The number of benzene rings is 2. The SMILES string of the molecule is Fc1ccc(-c2noc([C@@H]3CCC[C@H]3Nc3cnc4ccccc4c3)n2)c(Cl)c1. The second-order valence-electron chi connectivity index (χ2n) is 7.29. The van der Waals surface area contributed by atoms with E-state index >= 15 is 0 Å². The Bertz CT molecular complexity index is 1180. The van der Waals surface area contributed by atoms with Gasteiger partial charge in [0.1, 0.15) is 5.82 Å². The molecule has 5 nitrogen and oxygen atoms in total. The van der Waals surface area contributed by atoms with Crippen LogP contribution in [0.4, 0.5) is 10.1 Å². The summed E-state index contributed by atoms with van der Waals surface area (Å²) >= 11 is 6.14. The molecule has 4 aromatic rings. The molecule has 1 aliphatic rings. The summed E-state index contributed by atoms with van der Waals surface area (Å²) in [6, 6.07) is 14.5. The van der Waals surface area contributed by atoms with Crippen LogP contribution in [0.2, 0.25) is 5.02 Å². The van der Waals surface area contributed by atoms with Gasteiger partial charge in [-0.15, -0.1) is 0 Å². The smallest absolute Gasteiger partial charge is 0.232 e. The molecule has 0 bridgehead atoms. The van der Waals surface area contributed by atoms with Crippen LogP contribution in [0, 0.1) is 5.82 Å². The lowest BCUT2D eigenvalue weighted by atomic mass is 10.0. The average molecular weight is 409 g/mol. The van der Waals surface area contributed by atoms with Gasteiger partial charge in [0.25, 0.3) is 0 Å². The fourth-order valence-corrected chi connectivity index (χ4v) is 4.21. The molecule has 1 aliphatic carbocycles. The number of hydrogen-bond donors (Lipinski definition) is 1. The fourth-order valence-electron chi connectivity index (χ4n) is 3.96. The van der Waals surface area contributed by atoms with Gasteiger partial charge in [-0.25, -0.2) is 4.39 Å². The molecule has 0 amide bonds. The van der Waals surface area contributed by atoms with Gasteiger partial charge in [-0.3, -0.25) is 4.98 Å². The molecule has 29 heavy (non-hydrogen) atoms. The highest BCUT2D eigenvalue weighted by Gasteiger charge is 2.33. The topological polar surface area (TPSA) is 63.8 Å². The third-order valence-corrected chi connectivity index (χ3v) is 5.70. The molecule has 0 spiro atoms. The molecule has 1 saturated carbocycles. The van der Waals surface area contributed by atoms with Crippen molar-refractivity contribution in [2.24, 2.45) is 0 Å². The first-order valence-corrected chi connectivity index (χ1v) is 9.95. The molecule has 7 heteroatoms. The molecule has 5 rings (SSSR count). The van der Waals surface area contributed by atoms with Crippen molar-refractivity contribution in [3.05, 3.63) is 71.5 Å². The Morgan fingerprint density at radius 3 is 2.90 bits per heavy atom. The number of aromatic nitrogens is 3. The number of pyridine rings is 1. The van der Waals surface area contributed by atoms with Gasteiger partial charge in [0.15, 0.2) is 0 Å². The summed E-state index contributed by atoms with van der Waals surface area (Å²) in [4.78, 5) is 9.08. The Balaban J connectivity index is 1.38. The molecule has 2 atom stereocenters. The predicted octanol–water partition coefficient (Wildman–Crippen LogP) is 5.83. The molecule has 0 radical (unpaired) electrons. The second kappa shape index (κ2) is 7.44. The zero-order valence-electron chi connectivity index (χ0n) is 15.5. The molecular formula is C22H18ClFN4O. The predicted molar refractivity (Wildman–Crippen MR) is 110 cm³/mol. The van der Waals surface area contributed by atoms with Gasteiger partial charge >= 0.3 is 0 Å². The molecule has 0 unspecified atom stereocenters. The number of anilines is 1. The minimum atomic E-state index is -0.397.